The van der Waals surface area contributed by atoms with Crippen LogP contribution in [0.2, 0.25) is 0 Å². The Morgan fingerprint density at radius 3 is 2.24 bits per heavy atom. The molecule has 0 saturated carbocycles. The van der Waals surface area contributed by atoms with Crippen molar-refractivity contribution in [3.05, 3.63) is 17.3 Å². The summed E-state index contributed by atoms with van der Waals surface area (Å²) in [5.74, 6) is 1.83. The zero-order chi connectivity index (χ0) is 15.6. The van der Waals surface area contributed by atoms with Gasteiger partial charge in [-0.15, -0.1) is 0 Å². The van der Waals surface area contributed by atoms with Crippen LogP contribution in [-0.4, -0.2) is 32.9 Å². The van der Waals surface area contributed by atoms with E-state index in [4.69, 9.17) is 14.2 Å². The highest BCUT2D eigenvalue weighted by atomic mass is 16.5. The first-order chi connectivity index (χ1) is 10.1. The number of aryl methyl sites for hydroxylation is 1. The quantitative estimate of drug-likeness (QED) is 0.915. The molecule has 0 aliphatic heterocycles. The first kappa shape index (κ1) is 15.2. The van der Waals surface area contributed by atoms with Crippen LogP contribution >= 0.6 is 0 Å². The minimum atomic E-state index is 0.580. The molecule has 0 spiro atoms. The zero-order valence-corrected chi connectivity index (χ0v) is 13.5. The number of nitrogens with one attached hydrogen (secondary N) is 1. The molecule has 0 atom stereocenters. The summed E-state index contributed by atoms with van der Waals surface area (Å²) in [4.78, 5) is 4.66. The van der Waals surface area contributed by atoms with Crippen molar-refractivity contribution in [3.63, 3.8) is 0 Å². The summed E-state index contributed by atoms with van der Waals surface area (Å²) in [6.07, 6.45) is 0. The van der Waals surface area contributed by atoms with Gasteiger partial charge in [0.1, 0.15) is 0 Å². The lowest BCUT2D eigenvalue weighted by molar-refractivity contribution is 0.327. The fourth-order valence-electron chi connectivity index (χ4n) is 2.50. The van der Waals surface area contributed by atoms with Crippen molar-refractivity contribution < 1.29 is 14.2 Å². The number of ether oxygens (including phenoxy) is 3. The van der Waals surface area contributed by atoms with Gasteiger partial charge in [0.25, 0.3) is 0 Å². The summed E-state index contributed by atoms with van der Waals surface area (Å²) in [5.41, 5.74) is 3.93. The fraction of sp³-hybridized carbons (Fsp3) is 0.438. The summed E-state index contributed by atoms with van der Waals surface area (Å²) < 4.78 is 16.4. The maximum atomic E-state index is 5.59. The minimum absolute atomic E-state index is 0.580. The summed E-state index contributed by atoms with van der Waals surface area (Å²) in [7, 11) is 4.84. The third-order valence-electron chi connectivity index (χ3n) is 3.62. The molecule has 1 heterocycles. The van der Waals surface area contributed by atoms with Crippen LogP contribution in [0.1, 0.15) is 18.2 Å². The molecular formula is C16H22N2O3. The maximum absolute atomic E-state index is 5.59. The van der Waals surface area contributed by atoms with Crippen LogP contribution in [0.15, 0.2) is 6.07 Å². The van der Waals surface area contributed by atoms with Gasteiger partial charge in [-0.25, -0.2) is 0 Å². The number of hydrogen-bond donors (Lipinski definition) is 1. The molecule has 1 N–H and O–H groups in total. The number of rotatable bonds is 5. The van der Waals surface area contributed by atoms with Gasteiger partial charge in [0, 0.05) is 18.3 Å². The second-order valence-electron chi connectivity index (χ2n) is 4.77. The molecule has 0 bridgehead atoms. The normalized spacial score (nSPS) is 10.6. The van der Waals surface area contributed by atoms with Gasteiger partial charge in [-0.3, -0.25) is 4.98 Å². The van der Waals surface area contributed by atoms with E-state index in [1.807, 2.05) is 13.0 Å². The van der Waals surface area contributed by atoms with E-state index in [-0.39, 0.29) is 0 Å². The second-order valence-corrected chi connectivity index (χ2v) is 4.77. The molecule has 5 nitrogen and oxygen atoms in total. The van der Waals surface area contributed by atoms with Crippen molar-refractivity contribution in [1.29, 1.82) is 0 Å². The van der Waals surface area contributed by atoms with Gasteiger partial charge in [-0.1, -0.05) is 0 Å². The summed E-state index contributed by atoms with van der Waals surface area (Å²) >= 11 is 0. The molecule has 0 amide bonds. The molecule has 2 rings (SSSR count). The van der Waals surface area contributed by atoms with E-state index in [2.05, 4.69) is 24.1 Å². The van der Waals surface area contributed by atoms with Crippen LogP contribution in [0.3, 0.4) is 0 Å². The number of aromatic nitrogens is 1. The molecule has 1 aromatic heterocycles. The van der Waals surface area contributed by atoms with Gasteiger partial charge in [-0.05, 0) is 26.3 Å². The van der Waals surface area contributed by atoms with Crippen LogP contribution in [0.4, 0.5) is 5.69 Å². The van der Waals surface area contributed by atoms with Gasteiger partial charge in [-0.2, -0.15) is 0 Å². The number of benzene rings is 1. The molecule has 0 aliphatic rings. The zero-order valence-electron chi connectivity index (χ0n) is 13.5. The van der Waals surface area contributed by atoms with Gasteiger partial charge in [0.2, 0.25) is 5.75 Å². The molecule has 5 heteroatoms. The third kappa shape index (κ3) is 2.44. The van der Waals surface area contributed by atoms with E-state index in [1.165, 1.54) is 0 Å². The molecule has 114 valence electrons. The van der Waals surface area contributed by atoms with Crippen molar-refractivity contribution in [2.75, 3.05) is 33.2 Å². The lowest BCUT2D eigenvalue weighted by Crippen LogP contribution is -2.05. The predicted octanol–water partition coefficient (Wildman–Crippen LogP) is 3.31. The summed E-state index contributed by atoms with van der Waals surface area (Å²) in [5, 5.41) is 4.32. The van der Waals surface area contributed by atoms with Crippen LogP contribution < -0.4 is 19.5 Å². The Kier molecular flexibility index (Phi) is 4.40. The smallest absolute Gasteiger partial charge is 0.204 e. The lowest BCUT2D eigenvalue weighted by atomic mass is 10.0. The van der Waals surface area contributed by atoms with E-state index in [1.54, 1.807) is 21.3 Å². The van der Waals surface area contributed by atoms with E-state index < -0.39 is 0 Å². The molecular weight excluding hydrogens is 268 g/mol. The number of nitrogens with zero attached hydrogens (tertiary/aromatic N) is 1. The van der Waals surface area contributed by atoms with Gasteiger partial charge in [0.15, 0.2) is 11.5 Å². The SMILES string of the molecule is CCNc1c(C)c(C)nc2cc(OC)c(OC)c(OC)c12. The second kappa shape index (κ2) is 6.08. The number of anilines is 1. The Morgan fingerprint density at radius 2 is 1.71 bits per heavy atom. The average Bonchev–Trinajstić information content (AvgIpc) is 2.49. The molecule has 0 unspecified atom stereocenters. The average molecular weight is 290 g/mol. The maximum Gasteiger partial charge on any atom is 0.204 e. The topological polar surface area (TPSA) is 52.6 Å². The Bertz CT molecular complexity index is 669. The highest BCUT2D eigenvalue weighted by molar-refractivity contribution is 6.01. The monoisotopic (exact) mass is 290 g/mol. The standard InChI is InChI=1S/C16H22N2O3/c1-7-17-14-9(2)10(3)18-11-8-12(19-4)15(20-5)16(21-6)13(11)14/h8H,7H2,1-6H3,(H,17,18). The molecule has 0 radical (unpaired) electrons. The van der Waals surface area contributed by atoms with Gasteiger partial charge in [0.05, 0.1) is 37.9 Å². The molecule has 0 aliphatic carbocycles. The first-order valence-corrected chi connectivity index (χ1v) is 6.92. The number of fused-ring (bicyclic) bond motifs is 1. The molecule has 21 heavy (non-hydrogen) atoms. The molecule has 0 saturated heterocycles. The number of hydrogen-bond acceptors (Lipinski definition) is 5. The summed E-state index contributed by atoms with van der Waals surface area (Å²) in [6.45, 7) is 6.93. The molecule has 1 aromatic carbocycles. The lowest BCUT2D eigenvalue weighted by Gasteiger charge is -2.19. The number of methoxy groups -OCH3 is 3. The first-order valence-electron chi connectivity index (χ1n) is 6.92. The molecule has 0 fully saturated rings. The van der Waals surface area contributed by atoms with Crippen LogP contribution in [0.5, 0.6) is 17.2 Å². The van der Waals surface area contributed by atoms with Crippen molar-refractivity contribution in [2.45, 2.75) is 20.8 Å². The van der Waals surface area contributed by atoms with E-state index >= 15 is 0 Å². The van der Waals surface area contributed by atoms with Gasteiger partial charge >= 0.3 is 0 Å². The van der Waals surface area contributed by atoms with Crippen molar-refractivity contribution in [3.8, 4) is 17.2 Å². The number of pyridine rings is 1. The van der Waals surface area contributed by atoms with E-state index in [0.29, 0.717) is 17.2 Å². The van der Waals surface area contributed by atoms with Crippen molar-refractivity contribution in [1.82, 2.24) is 4.98 Å². The van der Waals surface area contributed by atoms with Crippen LogP contribution in [0.25, 0.3) is 10.9 Å². The largest absolute Gasteiger partial charge is 0.493 e. The van der Waals surface area contributed by atoms with Crippen LogP contribution in [-0.2, 0) is 0 Å². The Balaban J connectivity index is 2.95. The van der Waals surface area contributed by atoms with E-state index in [0.717, 1.165) is 34.4 Å². The highest BCUT2D eigenvalue weighted by Crippen LogP contribution is 2.46. The van der Waals surface area contributed by atoms with Crippen molar-refractivity contribution >= 4 is 16.6 Å². The Morgan fingerprint density at radius 1 is 1.05 bits per heavy atom. The highest BCUT2D eigenvalue weighted by Gasteiger charge is 2.21. The predicted molar refractivity (Wildman–Crippen MR) is 85.0 cm³/mol. The minimum Gasteiger partial charge on any atom is -0.493 e. The van der Waals surface area contributed by atoms with Gasteiger partial charge < -0.3 is 19.5 Å². The Hall–Kier alpha value is -2.17. The third-order valence-corrected chi connectivity index (χ3v) is 3.62. The Labute approximate surface area is 125 Å². The fourth-order valence-corrected chi connectivity index (χ4v) is 2.50. The molecule has 2 aromatic rings. The van der Waals surface area contributed by atoms with Crippen LogP contribution in [0, 0.1) is 13.8 Å². The summed E-state index contributed by atoms with van der Waals surface area (Å²) in [6, 6.07) is 1.88. The van der Waals surface area contributed by atoms with E-state index in [9.17, 15) is 0 Å². The van der Waals surface area contributed by atoms with Crippen molar-refractivity contribution in [2.24, 2.45) is 0 Å².